The summed E-state index contributed by atoms with van der Waals surface area (Å²) in [6, 6.07) is -0.613. The molecule has 0 aliphatic carbocycles. The van der Waals surface area contributed by atoms with E-state index in [1.165, 1.54) is 122 Å². The third-order valence-electron chi connectivity index (χ3n) is 10.1. The molecule has 0 rings (SSSR count). The highest BCUT2D eigenvalue weighted by Gasteiger charge is 2.31. The highest BCUT2D eigenvalue weighted by atomic mass is 16.6. The van der Waals surface area contributed by atoms with E-state index < -0.39 is 18.1 Å². The second-order valence-corrected chi connectivity index (χ2v) is 16.3. The van der Waals surface area contributed by atoms with Crippen LogP contribution in [0.15, 0.2) is 24.3 Å². The van der Waals surface area contributed by atoms with E-state index in [2.05, 4.69) is 38.2 Å². The lowest BCUT2D eigenvalue weighted by Crippen LogP contribution is -2.50. The Morgan fingerprint density at radius 3 is 1.43 bits per heavy atom. The summed E-state index contributed by atoms with van der Waals surface area (Å²) in [7, 11) is 5.53. The number of carbonyl (C=O) groups excluding carboxylic acids is 2. The summed E-state index contributed by atoms with van der Waals surface area (Å²) < 4.78 is 17.3. The number of aliphatic carboxylic acids is 1. The summed E-state index contributed by atoms with van der Waals surface area (Å²) in [6.45, 7) is 4.71. The maximum absolute atomic E-state index is 12.7. The second kappa shape index (κ2) is 37.7. The van der Waals surface area contributed by atoms with Gasteiger partial charge < -0.3 is 23.8 Å². The molecule has 54 heavy (non-hydrogen) atoms. The first-order chi connectivity index (χ1) is 26.1. The molecule has 0 spiro atoms. The topological polar surface area (TPSA) is 99.1 Å². The number of rotatable bonds is 40. The van der Waals surface area contributed by atoms with Crippen LogP contribution in [0.1, 0.15) is 200 Å². The molecule has 2 unspecified atom stereocenters. The number of carboxylic acids is 1. The lowest BCUT2D eigenvalue weighted by atomic mass is 10.0. The SMILES string of the molecule is CCCCC/C=C/C=C/CCCCCCCCC(=O)OCC(COCCC(C(=O)O)[N+](C)(C)C)OC(=O)CCCCCCCCCCCCCCCCC. The van der Waals surface area contributed by atoms with E-state index in [0.717, 1.165) is 44.9 Å². The van der Waals surface area contributed by atoms with Crippen LogP contribution in [0.4, 0.5) is 0 Å². The quantitative estimate of drug-likeness (QED) is 0.0287. The Hall–Kier alpha value is -2.19. The van der Waals surface area contributed by atoms with Crippen LogP contribution in [-0.4, -0.2) is 80.6 Å². The molecule has 0 aliphatic rings. The van der Waals surface area contributed by atoms with E-state index in [4.69, 9.17) is 14.2 Å². The van der Waals surface area contributed by atoms with E-state index >= 15 is 0 Å². The van der Waals surface area contributed by atoms with Gasteiger partial charge in [0.15, 0.2) is 12.1 Å². The Labute approximate surface area is 332 Å². The molecule has 0 radical (unpaired) electrons. The minimum Gasteiger partial charge on any atom is -0.477 e. The minimum absolute atomic E-state index is 0.0530. The third kappa shape index (κ3) is 35.5. The van der Waals surface area contributed by atoms with Crippen molar-refractivity contribution in [3.63, 3.8) is 0 Å². The van der Waals surface area contributed by atoms with Crippen LogP contribution in [0.3, 0.4) is 0 Å². The number of carbonyl (C=O) groups is 3. The first kappa shape index (κ1) is 51.8. The number of allylic oxidation sites excluding steroid dienone is 4. The number of ether oxygens (including phenoxy) is 3. The molecular formula is C46H86NO7+. The molecule has 0 saturated carbocycles. The summed E-state index contributed by atoms with van der Waals surface area (Å²) in [6.07, 6.45) is 40.7. The van der Waals surface area contributed by atoms with E-state index in [1.807, 2.05) is 21.1 Å². The van der Waals surface area contributed by atoms with Crippen molar-refractivity contribution in [2.24, 2.45) is 0 Å². The van der Waals surface area contributed by atoms with Gasteiger partial charge in [-0.05, 0) is 38.5 Å². The Bertz CT molecular complexity index is 942. The van der Waals surface area contributed by atoms with Gasteiger partial charge in [-0.2, -0.15) is 0 Å². The van der Waals surface area contributed by atoms with Gasteiger partial charge >= 0.3 is 17.9 Å². The largest absolute Gasteiger partial charge is 0.477 e. The van der Waals surface area contributed by atoms with Gasteiger partial charge in [0.05, 0.1) is 34.4 Å². The molecule has 0 aromatic rings. The van der Waals surface area contributed by atoms with Gasteiger partial charge in [-0.15, -0.1) is 0 Å². The lowest BCUT2D eigenvalue weighted by molar-refractivity contribution is -0.887. The first-order valence-corrected chi connectivity index (χ1v) is 22.4. The zero-order valence-electron chi connectivity index (χ0n) is 35.9. The zero-order valence-corrected chi connectivity index (χ0v) is 35.9. The van der Waals surface area contributed by atoms with Crippen molar-refractivity contribution < 1.29 is 38.2 Å². The normalized spacial score (nSPS) is 13.1. The fraction of sp³-hybridized carbons (Fsp3) is 0.848. The summed E-state index contributed by atoms with van der Waals surface area (Å²) in [5.74, 6) is -1.47. The Balaban J connectivity index is 4.34. The van der Waals surface area contributed by atoms with Gasteiger partial charge in [0.25, 0.3) is 0 Å². The van der Waals surface area contributed by atoms with Crippen LogP contribution in [0.5, 0.6) is 0 Å². The zero-order chi connectivity index (χ0) is 40.0. The van der Waals surface area contributed by atoms with Crippen LogP contribution in [-0.2, 0) is 28.6 Å². The number of hydrogen-bond acceptors (Lipinski definition) is 6. The van der Waals surface area contributed by atoms with Gasteiger partial charge in [-0.25, -0.2) is 4.79 Å². The first-order valence-electron chi connectivity index (χ1n) is 22.4. The average molecular weight is 765 g/mol. The molecule has 0 bridgehead atoms. The predicted octanol–water partition coefficient (Wildman–Crippen LogP) is 12.1. The van der Waals surface area contributed by atoms with Crippen molar-refractivity contribution in [1.29, 1.82) is 0 Å². The molecule has 1 N–H and O–H groups in total. The van der Waals surface area contributed by atoms with Crippen molar-refractivity contribution in [2.45, 2.75) is 212 Å². The monoisotopic (exact) mass is 765 g/mol. The summed E-state index contributed by atoms with van der Waals surface area (Å²) in [5.41, 5.74) is 0. The molecule has 8 nitrogen and oxygen atoms in total. The molecule has 0 aromatic carbocycles. The molecular weight excluding hydrogens is 679 g/mol. The molecule has 0 aromatic heterocycles. The van der Waals surface area contributed by atoms with Crippen LogP contribution in [0.25, 0.3) is 0 Å². The number of unbranched alkanes of at least 4 members (excludes halogenated alkanes) is 23. The number of carboxylic acid groups (broad SMARTS) is 1. The Kier molecular flexibility index (Phi) is 36.2. The highest BCUT2D eigenvalue weighted by molar-refractivity contribution is 5.72. The van der Waals surface area contributed by atoms with Crippen molar-refractivity contribution >= 4 is 17.9 Å². The van der Waals surface area contributed by atoms with Gasteiger partial charge in [-0.1, -0.05) is 167 Å². The van der Waals surface area contributed by atoms with Gasteiger partial charge in [0.1, 0.15) is 6.61 Å². The van der Waals surface area contributed by atoms with Crippen molar-refractivity contribution in [3.8, 4) is 0 Å². The molecule has 0 fully saturated rings. The predicted molar refractivity (Wildman–Crippen MR) is 225 cm³/mol. The summed E-state index contributed by atoms with van der Waals surface area (Å²) in [4.78, 5) is 37.0. The maximum Gasteiger partial charge on any atom is 0.362 e. The number of hydrogen-bond donors (Lipinski definition) is 1. The van der Waals surface area contributed by atoms with Gasteiger partial charge in [0, 0.05) is 19.3 Å². The summed E-state index contributed by atoms with van der Waals surface area (Å²) in [5, 5.41) is 9.61. The van der Waals surface area contributed by atoms with Gasteiger partial charge in [-0.3, -0.25) is 9.59 Å². The molecule has 0 amide bonds. The minimum atomic E-state index is -0.875. The molecule has 316 valence electrons. The van der Waals surface area contributed by atoms with Crippen molar-refractivity contribution in [2.75, 3.05) is 41.0 Å². The van der Waals surface area contributed by atoms with E-state index in [0.29, 0.717) is 19.3 Å². The highest BCUT2D eigenvalue weighted by Crippen LogP contribution is 2.15. The van der Waals surface area contributed by atoms with Crippen LogP contribution >= 0.6 is 0 Å². The van der Waals surface area contributed by atoms with E-state index in [-0.39, 0.29) is 36.2 Å². The smallest absolute Gasteiger partial charge is 0.362 e. The Morgan fingerprint density at radius 1 is 0.556 bits per heavy atom. The molecule has 8 heteroatoms. The second-order valence-electron chi connectivity index (χ2n) is 16.3. The van der Waals surface area contributed by atoms with Crippen LogP contribution in [0, 0.1) is 0 Å². The van der Waals surface area contributed by atoms with Gasteiger partial charge in [0.2, 0.25) is 0 Å². The average Bonchev–Trinajstić information content (AvgIpc) is 3.12. The van der Waals surface area contributed by atoms with Crippen molar-refractivity contribution in [3.05, 3.63) is 24.3 Å². The number of quaternary nitrogens is 1. The molecule has 2 atom stereocenters. The third-order valence-corrected chi connectivity index (χ3v) is 10.1. The number of esters is 2. The molecule has 0 saturated heterocycles. The number of likely N-dealkylation sites (N-methyl/N-ethyl adjacent to an activating group) is 1. The molecule has 0 heterocycles. The molecule has 0 aliphatic heterocycles. The summed E-state index contributed by atoms with van der Waals surface area (Å²) >= 11 is 0. The fourth-order valence-corrected chi connectivity index (χ4v) is 6.61. The van der Waals surface area contributed by atoms with Crippen LogP contribution < -0.4 is 0 Å². The van der Waals surface area contributed by atoms with Crippen LogP contribution in [0.2, 0.25) is 0 Å². The maximum atomic E-state index is 12.7. The fourth-order valence-electron chi connectivity index (χ4n) is 6.61. The van der Waals surface area contributed by atoms with Crippen molar-refractivity contribution in [1.82, 2.24) is 0 Å². The van der Waals surface area contributed by atoms with E-state index in [9.17, 15) is 19.5 Å². The lowest BCUT2D eigenvalue weighted by Gasteiger charge is -2.31. The Morgan fingerprint density at radius 2 is 0.963 bits per heavy atom. The van der Waals surface area contributed by atoms with E-state index in [1.54, 1.807) is 0 Å². The standard InChI is InChI=1S/C46H85NO7/c1-6-8-10-12-14-16-18-20-22-24-26-28-30-32-34-36-44(48)53-41-42(40-52-39-38-43(46(50)51)47(3,4)5)54-45(49)37-35-33-31-29-27-25-23-21-19-17-15-13-11-9-7-2/h14,16,18,20,42-43H,6-13,15,17,19,21-41H2,1-5H3/p+1/b16-14+,20-18+. The number of nitrogens with zero attached hydrogens (tertiary/aromatic N) is 1.